The van der Waals surface area contributed by atoms with Crippen LogP contribution in [0.4, 0.5) is 0 Å². The number of hydrogen-bond acceptors (Lipinski definition) is 3. The number of benzene rings is 1. The summed E-state index contributed by atoms with van der Waals surface area (Å²) in [4.78, 5) is 22.9. The highest BCUT2D eigenvalue weighted by Gasteiger charge is 2.25. The van der Waals surface area contributed by atoms with Crippen molar-refractivity contribution in [3.05, 3.63) is 34.9 Å². The molecule has 0 unspecified atom stereocenters. The molecule has 0 saturated heterocycles. The summed E-state index contributed by atoms with van der Waals surface area (Å²) in [6, 6.07) is 7.23. The van der Waals surface area contributed by atoms with Crippen LogP contribution in [0, 0.1) is 5.41 Å². The maximum absolute atomic E-state index is 11.5. The third-order valence-electron chi connectivity index (χ3n) is 2.35. The summed E-state index contributed by atoms with van der Waals surface area (Å²) in [5, 5.41) is 0.657. The standard InChI is InChI=1S/C14H17ClO3/c1-14(2,3)13(17)18-12(16)9-6-10-4-7-11(15)8-5-10/h4-5,7-8H,6,9H2,1-3H3. The Hall–Kier alpha value is -1.35. The SMILES string of the molecule is CC(C)(C)C(=O)OC(=O)CCc1ccc(Cl)cc1. The fourth-order valence-electron chi connectivity index (χ4n) is 1.20. The van der Waals surface area contributed by atoms with Gasteiger partial charge in [0.2, 0.25) is 0 Å². The van der Waals surface area contributed by atoms with E-state index in [1.165, 1.54) is 0 Å². The molecule has 0 aliphatic rings. The Morgan fingerprint density at radius 3 is 2.22 bits per heavy atom. The fraction of sp³-hybridized carbons (Fsp3) is 0.429. The van der Waals surface area contributed by atoms with Gasteiger partial charge >= 0.3 is 11.9 Å². The van der Waals surface area contributed by atoms with Crippen molar-refractivity contribution in [2.45, 2.75) is 33.6 Å². The molecule has 0 radical (unpaired) electrons. The Labute approximate surface area is 112 Å². The number of halogens is 1. The normalized spacial score (nSPS) is 11.1. The summed E-state index contributed by atoms with van der Waals surface area (Å²) in [7, 11) is 0. The average Bonchev–Trinajstić information content (AvgIpc) is 2.27. The summed E-state index contributed by atoms with van der Waals surface area (Å²) in [6.07, 6.45) is 0.719. The quantitative estimate of drug-likeness (QED) is 0.623. The van der Waals surface area contributed by atoms with Crippen molar-refractivity contribution >= 4 is 23.5 Å². The molecule has 4 heteroatoms. The molecule has 0 aromatic heterocycles. The molecule has 0 spiro atoms. The lowest BCUT2D eigenvalue weighted by Crippen LogP contribution is -2.25. The van der Waals surface area contributed by atoms with Gasteiger partial charge in [0.15, 0.2) is 0 Å². The minimum Gasteiger partial charge on any atom is -0.393 e. The molecule has 0 bridgehead atoms. The van der Waals surface area contributed by atoms with Crippen LogP contribution in [-0.2, 0) is 20.7 Å². The molecule has 0 aliphatic heterocycles. The van der Waals surface area contributed by atoms with Crippen LogP contribution in [0.15, 0.2) is 24.3 Å². The van der Waals surface area contributed by atoms with Crippen LogP contribution in [0.3, 0.4) is 0 Å². The summed E-state index contributed by atoms with van der Waals surface area (Å²) in [5.41, 5.74) is 0.329. The van der Waals surface area contributed by atoms with Crippen molar-refractivity contribution in [3.8, 4) is 0 Å². The number of carbonyl (C=O) groups is 2. The molecule has 0 saturated carbocycles. The van der Waals surface area contributed by atoms with Gasteiger partial charge in [-0.15, -0.1) is 0 Å². The van der Waals surface area contributed by atoms with E-state index in [0.717, 1.165) is 5.56 Å². The van der Waals surface area contributed by atoms with Crippen LogP contribution in [0.25, 0.3) is 0 Å². The maximum atomic E-state index is 11.5. The van der Waals surface area contributed by atoms with Gasteiger partial charge in [-0.3, -0.25) is 9.59 Å². The molecule has 0 amide bonds. The second-order valence-corrected chi connectivity index (χ2v) is 5.57. The lowest BCUT2D eigenvalue weighted by atomic mass is 9.97. The van der Waals surface area contributed by atoms with Gasteiger partial charge in [0.05, 0.1) is 11.8 Å². The number of rotatable bonds is 3. The highest BCUT2D eigenvalue weighted by molar-refractivity contribution is 6.30. The van der Waals surface area contributed by atoms with E-state index in [1.54, 1.807) is 32.9 Å². The Morgan fingerprint density at radius 2 is 1.72 bits per heavy atom. The first-order valence-corrected chi connectivity index (χ1v) is 6.16. The molecular weight excluding hydrogens is 252 g/mol. The molecule has 0 aliphatic carbocycles. The first kappa shape index (κ1) is 14.7. The Balaban J connectivity index is 2.42. The first-order valence-electron chi connectivity index (χ1n) is 5.78. The van der Waals surface area contributed by atoms with Crippen LogP contribution in [-0.4, -0.2) is 11.9 Å². The minimum absolute atomic E-state index is 0.184. The Bertz CT molecular complexity index is 429. The lowest BCUT2D eigenvalue weighted by Gasteiger charge is -2.15. The van der Waals surface area contributed by atoms with E-state index in [-0.39, 0.29) is 6.42 Å². The molecule has 1 rings (SSSR count). The molecule has 0 heterocycles. The minimum atomic E-state index is -0.657. The largest absolute Gasteiger partial charge is 0.393 e. The highest BCUT2D eigenvalue weighted by Crippen LogP contribution is 2.16. The summed E-state index contributed by atoms with van der Waals surface area (Å²) < 4.78 is 4.76. The van der Waals surface area contributed by atoms with Crippen molar-refractivity contribution in [3.63, 3.8) is 0 Å². The topological polar surface area (TPSA) is 43.4 Å². The highest BCUT2D eigenvalue weighted by atomic mass is 35.5. The van der Waals surface area contributed by atoms with Crippen molar-refractivity contribution in [2.75, 3.05) is 0 Å². The van der Waals surface area contributed by atoms with Crippen LogP contribution < -0.4 is 0 Å². The van der Waals surface area contributed by atoms with Crippen molar-refractivity contribution in [1.29, 1.82) is 0 Å². The number of esters is 2. The smallest absolute Gasteiger partial charge is 0.318 e. The van der Waals surface area contributed by atoms with E-state index in [1.807, 2.05) is 12.1 Å². The van der Waals surface area contributed by atoms with Crippen LogP contribution >= 0.6 is 11.6 Å². The van der Waals surface area contributed by atoms with Crippen LogP contribution in [0.1, 0.15) is 32.8 Å². The van der Waals surface area contributed by atoms with Crippen molar-refractivity contribution in [2.24, 2.45) is 5.41 Å². The molecule has 0 fully saturated rings. The van der Waals surface area contributed by atoms with Gasteiger partial charge in [-0.05, 0) is 44.9 Å². The number of ether oxygens (including phenoxy) is 1. The zero-order chi connectivity index (χ0) is 13.8. The third-order valence-corrected chi connectivity index (χ3v) is 2.60. The zero-order valence-corrected chi connectivity index (χ0v) is 11.6. The molecule has 3 nitrogen and oxygen atoms in total. The van der Waals surface area contributed by atoms with Gasteiger partial charge in [-0.1, -0.05) is 23.7 Å². The zero-order valence-electron chi connectivity index (χ0n) is 10.8. The van der Waals surface area contributed by atoms with Crippen molar-refractivity contribution in [1.82, 2.24) is 0 Å². The van der Waals surface area contributed by atoms with Crippen molar-refractivity contribution < 1.29 is 14.3 Å². The van der Waals surface area contributed by atoms with E-state index >= 15 is 0 Å². The predicted octanol–water partition coefficient (Wildman–Crippen LogP) is 3.39. The Morgan fingerprint density at radius 1 is 1.17 bits per heavy atom. The van der Waals surface area contributed by atoms with Gasteiger partial charge in [-0.25, -0.2) is 0 Å². The summed E-state index contributed by atoms with van der Waals surface area (Å²) in [5.74, 6) is -0.992. The second kappa shape index (κ2) is 6.01. The van der Waals surface area contributed by atoms with Crippen LogP contribution in [0.2, 0.25) is 5.02 Å². The monoisotopic (exact) mass is 268 g/mol. The van der Waals surface area contributed by atoms with Gasteiger partial charge in [0.25, 0.3) is 0 Å². The lowest BCUT2D eigenvalue weighted by molar-refractivity contribution is -0.165. The molecule has 0 N–H and O–H groups in total. The second-order valence-electron chi connectivity index (χ2n) is 5.14. The van der Waals surface area contributed by atoms with E-state index in [0.29, 0.717) is 11.4 Å². The first-order chi connectivity index (χ1) is 8.29. The summed E-state index contributed by atoms with van der Waals surface area (Å²) in [6.45, 7) is 5.13. The van der Waals surface area contributed by atoms with Gasteiger partial charge < -0.3 is 4.74 Å². The molecule has 18 heavy (non-hydrogen) atoms. The van der Waals surface area contributed by atoms with Gasteiger partial charge in [-0.2, -0.15) is 0 Å². The summed E-state index contributed by atoms with van der Waals surface area (Å²) >= 11 is 5.76. The van der Waals surface area contributed by atoms with E-state index in [9.17, 15) is 9.59 Å². The van der Waals surface area contributed by atoms with E-state index in [4.69, 9.17) is 16.3 Å². The van der Waals surface area contributed by atoms with Gasteiger partial charge in [0, 0.05) is 5.02 Å². The fourth-order valence-corrected chi connectivity index (χ4v) is 1.33. The molecular formula is C14H17ClO3. The Kier molecular flexibility index (Phi) is 4.91. The van der Waals surface area contributed by atoms with Gasteiger partial charge in [0.1, 0.15) is 0 Å². The third kappa shape index (κ3) is 4.88. The number of hydrogen-bond donors (Lipinski definition) is 0. The van der Waals surface area contributed by atoms with E-state index < -0.39 is 17.4 Å². The average molecular weight is 269 g/mol. The van der Waals surface area contributed by atoms with Crippen LogP contribution in [0.5, 0.6) is 0 Å². The molecule has 0 atom stereocenters. The predicted molar refractivity (Wildman–Crippen MR) is 70.3 cm³/mol. The number of carbonyl (C=O) groups excluding carboxylic acids is 2. The molecule has 98 valence electrons. The number of aryl methyl sites for hydroxylation is 1. The van der Waals surface area contributed by atoms with E-state index in [2.05, 4.69) is 0 Å². The molecule has 1 aromatic rings. The maximum Gasteiger partial charge on any atom is 0.318 e. The molecule has 1 aromatic carbocycles.